The second-order valence-electron chi connectivity index (χ2n) is 14.5. The zero-order valence-corrected chi connectivity index (χ0v) is 29.3. The minimum absolute atomic E-state index is 0.176. The first-order valence-corrected chi connectivity index (χ1v) is 18.1. The van der Waals surface area contributed by atoms with E-state index in [2.05, 4.69) is 207 Å². The molecular weight excluding hydrogens is 631 g/mol. The highest BCUT2D eigenvalue weighted by Crippen LogP contribution is 2.58. The molecule has 0 N–H and O–H groups in total. The van der Waals surface area contributed by atoms with Gasteiger partial charge in [0.15, 0.2) is 5.60 Å². The van der Waals surface area contributed by atoms with Crippen LogP contribution in [0.15, 0.2) is 182 Å². The van der Waals surface area contributed by atoms with Gasteiger partial charge in [-0.05, 0) is 69.4 Å². The van der Waals surface area contributed by atoms with Crippen molar-refractivity contribution in [3.05, 3.63) is 210 Å². The van der Waals surface area contributed by atoms with Crippen LogP contribution in [0, 0.1) is 0 Å². The van der Waals surface area contributed by atoms with E-state index in [0.717, 1.165) is 39.3 Å². The summed E-state index contributed by atoms with van der Waals surface area (Å²) in [6, 6.07) is 63.0. The van der Waals surface area contributed by atoms with Crippen molar-refractivity contribution in [1.29, 1.82) is 0 Å². The molecule has 2 heteroatoms. The summed E-state index contributed by atoms with van der Waals surface area (Å²) in [6.45, 7) is 4.71. The third-order valence-corrected chi connectivity index (χ3v) is 11.2. The van der Waals surface area contributed by atoms with Crippen LogP contribution in [0.5, 0.6) is 5.75 Å². The van der Waals surface area contributed by atoms with Crippen LogP contribution in [0.25, 0.3) is 38.7 Å². The first-order chi connectivity index (χ1) is 25.5. The lowest BCUT2D eigenvalue weighted by atomic mass is 9.77. The van der Waals surface area contributed by atoms with E-state index < -0.39 is 5.60 Å². The molecule has 10 rings (SSSR count). The summed E-state index contributed by atoms with van der Waals surface area (Å²) in [5.74, 6) is 0.937. The molecule has 1 aliphatic heterocycles. The molecule has 1 heterocycles. The first kappa shape index (κ1) is 30.4. The summed E-state index contributed by atoms with van der Waals surface area (Å²) >= 11 is 0. The van der Waals surface area contributed by atoms with Crippen molar-refractivity contribution in [2.45, 2.75) is 24.9 Å². The van der Waals surface area contributed by atoms with Gasteiger partial charge < -0.3 is 9.64 Å². The highest BCUT2D eigenvalue weighted by molar-refractivity contribution is 6.08. The number of ether oxygens (including phenoxy) is 1. The minimum Gasteiger partial charge on any atom is -0.472 e. The maximum atomic E-state index is 7.55. The monoisotopic (exact) mass is 667 g/mol. The number of hydrogen-bond donors (Lipinski definition) is 0. The zero-order valence-electron chi connectivity index (χ0n) is 29.3. The maximum absolute atomic E-state index is 7.55. The summed E-state index contributed by atoms with van der Waals surface area (Å²) in [7, 11) is 0. The lowest BCUT2D eigenvalue weighted by Gasteiger charge is -2.38. The Kier molecular flexibility index (Phi) is 6.78. The highest BCUT2D eigenvalue weighted by Gasteiger charge is 2.44. The lowest BCUT2D eigenvalue weighted by Crippen LogP contribution is -2.35. The van der Waals surface area contributed by atoms with E-state index in [1.807, 2.05) is 0 Å². The Morgan fingerprint density at radius 3 is 1.88 bits per heavy atom. The Balaban J connectivity index is 1.16. The number of para-hydroxylation sites is 1. The highest BCUT2D eigenvalue weighted by atomic mass is 16.5. The predicted octanol–water partition coefficient (Wildman–Crippen LogP) is 13.1. The largest absolute Gasteiger partial charge is 0.472 e. The van der Waals surface area contributed by atoms with E-state index in [1.54, 1.807) is 0 Å². The number of hydrogen-bond acceptors (Lipinski definition) is 2. The van der Waals surface area contributed by atoms with Gasteiger partial charge in [0.25, 0.3) is 0 Å². The van der Waals surface area contributed by atoms with Gasteiger partial charge in [-0.3, -0.25) is 0 Å². The van der Waals surface area contributed by atoms with Crippen LogP contribution in [-0.2, 0) is 11.0 Å². The molecule has 1 aliphatic carbocycles. The fourth-order valence-corrected chi connectivity index (χ4v) is 8.83. The van der Waals surface area contributed by atoms with Crippen LogP contribution in [-0.4, -0.2) is 0 Å². The van der Waals surface area contributed by atoms with Gasteiger partial charge >= 0.3 is 0 Å². The molecule has 0 spiro atoms. The van der Waals surface area contributed by atoms with E-state index in [0.29, 0.717) is 0 Å². The summed E-state index contributed by atoms with van der Waals surface area (Å²) in [5, 5.41) is 4.79. The lowest BCUT2D eigenvalue weighted by molar-refractivity contribution is 0.163. The van der Waals surface area contributed by atoms with Crippen molar-refractivity contribution >= 4 is 44.7 Å². The maximum Gasteiger partial charge on any atom is 0.178 e. The second-order valence-corrected chi connectivity index (χ2v) is 14.5. The SMILES string of the molecule is CC1(C)c2ccccc2-c2c1c1c(c3ccccc23)OC(c2ccccc2)(c2ccc(N(c3ccccc3)c3cccc4ccccc34)cc2)C=C1. The van der Waals surface area contributed by atoms with Crippen molar-refractivity contribution in [2.75, 3.05) is 4.90 Å². The molecule has 0 saturated carbocycles. The Hall–Kier alpha value is -6.38. The fraction of sp³-hybridized carbons (Fsp3) is 0.0800. The van der Waals surface area contributed by atoms with Crippen molar-refractivity contribution < 1.29 is 4.74 Å². The summed E-state index contributed by atoms with van der Waals surface area (Å²) in [4.78, 5) is 2.35. The van der Waals surface area contributed by atoms with E-state index in [4.69, 9.17) is 4.74 Å². The van der Waals surface area contributed by atoms with Crippen molar-refractivity contribution in [2.24, 2.45) is 0 Å². The minimum atomic E-state index is -0.837. The van der Waals surface area contributed by atoms with E-state index >= 15 is 0 Å². The third-order valence-electron chi connectivity index (χ3n) is 11.2. The number of fused-ring (bicyclic) bond motifs is 9. The normalized spacial score (nSPS) is 16.6. The molecule has 0 aromatic heterocycles. The Morgan fingerprint density at radius 2 is 1.10 bits per heavy atom. The van der Waals surface area contributed by atoms with E-state index in [1.165, 1.54) is 44.0 Å². The van der Waals surface area contributed by atoms with Gasteiger partial charge in [-0.2, -0.15) is 0 Å². The standard InChI is InChI=1S/C50H37NO/c1-49(2)44-26-14-13-25-42(44)46-40-23-11-12-24-41(40)48-43(47(46)49)32-33-50(52-48,35-18-5-3-6-19-35)36-28-30-38(31-29-36)51(37-20-7-4-8-21-37)45-27-15-17-34-16-9-10-22-39(34)45/h3-33H,1-2H3. The van der Waals surface area contributed by atoms with E-state index in [-0.39, 0.29) is 5.41 Å². The molecule has 0 saturated heterocycles. The molecule has 0 fully saturated rings. The first-order valence-electron chi connectivity index (χ1n) is 18.1. The van der Waals surface area contributed by atoms with Crippen LogP contribution in [0.3, 0.4) is 0 Å². The molecule has 8 aromatic rings. The summed E-state index contributed by atoms with van der Waals surface area (Å²) in [6.07, 6.45) is 4.62. The quantitative estimate of drug-likeness (QED) is 0.181. The fourth-order valence-electron chi connectivity index (χ4n) is 8.83. The second kappa shape index (κ2) is 11.6. The predicted molar refractivity (Wildman–Crippen MR) is 217 cm³/mol. The van der Waals surface area contributed by atoms with Crippen LogP contribution >= 0.6 is 0 Å². The Labute approximate surface area is 304 Å². The molecule has 0 bridgehead atoms. The molecule has 1 atom stereocenters. The zero-order chi connectivity index (χ0) is 34.9. The number of rotatable bonds is 5. The summed E-state index contributed by atoms with van der Waals surface area (Å²) in [5.41, 5.74) is 11.0. The average molecular weight is 668 g/mol. The molecule has 52 heavy (non-hydrogen) atoms. The molecule has 8 aromatic carbocycles. The van der Waals surface area contributed by atoms with Crippen LogP contribution in [0.1, 0.15) is 41.7 Å². The number of nitrogens with zero attached hydrogens (tertiary/aromatic N) is 1. The van der Waals surface area contributed by atoms with Gasteiger partial charge in [-0.25, -0.2) is 0 Å². The van der Waals surface area contributed by atoms with Crippen LogP contribution < -0.4 is 9.64 Å². The van der Waals surface area contributed by atoms with Crippen LogP contribution in [0.4, 0.5) is 17.1 Å². The molecular formula is C50H37NO. The Bertz CT molecular complexity index is 2670. The van der Waals surface area contributed by atoms with Crippen molar-refractivity contribution in [3.63, 3.8) is 0 Å². The average Bonchev–Trinajstić information content (AvgIpc) is 3.45. The summed E-state index contributed by atoms with van der Waals surface area (Å²) < 4.78 is 7.55. The molecule has 248 valence electrons. The smallest absolute Gasteiger partial charge is 0.178 e. The van der Waals surface area contributed by atoms with Gasteiger partial charge in [0.1, 0.15) is 5.75 Å². The van der Waals surface area contributed by atoms with Gasteiger partial charge in [-0.1, -0.05) is 166 Å². The van der Waals surface area contributed by atoms with Crippen molar-refractivity contribution in [3.8, 4) is 16.9 Å². The van der Waals surface area contributed by atoms with Gasteiger partial charge in [0, 0.05) is 44.3 Å². The van der Waals surface area contributed by atoms with E-state index in [9.17, 15) is 0 Å². The van der Waals surface area contributed by atoms with Gasteiger partial charge in [-0.15, -0.1) is 0 Å². The molecule has 0 radical (unpaired) electrons. The number of anilines is 3. The third kappa shape index (κ3) is 4.44. The van der Waals surface area contributed by atoms with Gasteiger partial charge in [0.05, 0.1) is 5.69 Å². The molecule has 1 unspecified atom stereocenters. The topological polar surface area (TPSA) is 12.5 Å². The van der Waals surface area contributed by atoms with Crippen molar-refractivity contribution in [1.82, 2.24) is 0 Å². The van der Waals surface area contributed by atoms with Gasteiger partial charge in [0.2, 0.25) is 0 Å². The molecule has 0 amide bonds. The number of benzene rings is 8. The Morgan fingerprint density at radius 1 is 0.500 bits per heavy atom. The van der Waals surface area contributed by atoms with Crippen LogP contribution in [0.2, 0.25) is 0 Å². The molecule has 2 nitrogen and oxygen atoms in total. The molecule has 2 aliphatic rings.